The van der Waals surface area contributed by atoms with Gasteiger partial charge in [-0.3, -0.25) is 9.59 Å². The molecule has 0 saturated heterocycles. The number of aliphatic carboxylic acids is 1. The second kappa shape index (κ2) is 13.1. The summed E-state index contributed by atoms with van der Waals surface area (Å²) in [5, 5.41) is 9.67. The zero-order chi connectivity index (χ0) is 29.7. The molecule has 7 nitrogen and oxygen atoms in total. The average Bonchev–Trinajstić information content (AvgIpc) is 2.99. The van der Waals surface area contributed by atoms with Gasteiger partial charge in [0.2, 0.25) is 5.95 Å². The van der Waals surface area contributed by atoms with Crippen molar-refractivity contribution in [3.05, 3.63) is 88.2 Å². The Balaban J connectivity index is 1.42. The van der Waals surface area contributed by atoms with E-state index in [1.807, 2.05) is 0 Å². The van der Waals surface area contributed by atoms with Gasteiger partial charge >= 0.3 is 5.97 Å². The fourth-order valence-electron chi connectivity index (χ4n) is 6.26. The molecular formula is C35H44N4O3. The summed E-state index contributed by atoms with van der Waals surface area (Å²) < 4.78 is 0. The molecule has 1 aliphatic carbocycles. The minimum atomic E-state index is -0.996. The van der Waals surface area contributed by atoms with Crippen molar-refractivity contribution in [2.75, 3.05) is 24.5 Å². The molecule has 5 rings (SSSR count). The summed E-state index contributed by atoms with van der Waals surface area (Å²) in [7, 11) is 0. The summed E-state index contributed by atoms with van der Waals surface area (Å²) in [5.74, 6) is -0.322. The molecule has 3 aromatic rings. The monoisotopic (exact) mass is 568 g/mol. The Morgan fingerprint density at radius 3 is 2.38 bits per heavy atom. The standard InChI is InChI=1S/C35H44N4O3/c1-35(2,3)29-16-13-25(14-17-29)15-18-31-30(33(42)39(24-32(40)41)22-26-9-5-4-6-10-26)21-36-34(37-31)38-20-19-27-11-7-8-12-28(27)23-38/h7-8,11-14,16-17,21,26H,4-6,9-10,15,18-20,22-24H2,1-3H3,(H,40,41). The summed E-state index contributed by atoms with van der Waals surface area (Å²) in [4.78, 5) is 39.1. The van der Waals surface area contributed by atoms with E-state index in [2.05, 4.69) is 79.2 Å². The van der Waals surface area contributed by atoms with E-state index >= 15 is 0 Å². The van der Waals surface area contributed by atoms with E-state index in [0.29, 0.717) is 36.1 Å². The third kappa shape index (κ3) is 7.36. The van der Waals surface area contributed by atoms with Crippen molar-refractivity contribution in [2.24, 2.45) is 5.92 Å². The summed E-state index contributed by atoms with van der Waals surface area (Å²) >= 11 is 0. The van der Waals surface area contributed by atoms with Crippen molar-refractivity contribution < 1.29 is 14.7 Å². The number of hydrogen-bond donors (Lipinski definition) is 1. The summed E-state index contributed by atoms with van der Waals surface area (Å²) in [6.45, 7) is 8.30. The molecule has 7 heteroatoms. The Labute approximate surface area is 250 Å². The topological polar surface area (TPSA) is 86.6 Å². The van der Waals surface area contributed by atoms with Gasteiger partial charge in [0.1, 0.15) is 6.54 Å². The molecule has 1 N–H and O–H groups in total. The van der Waals surface area contributed by atoms with Crippen LogP contribution in [0.15, 0.2) is 54.7 Å². The molecule has 1 aliphatic heterocycles. The van der Waals surface area contributed by atoms with Crippen molar-refractivity contribution >= 4 is 17.8 Å². The molecule has 0 atom stereocenters. The maximum absolute atomic E-state index is 14.0. The molecule has 42 heavy (non-hydrogen) atoms. The molecule has 222 valence electrons. The fraction of sp³-hybridized carbons (Fsp3) is 0.486. The number of carbonyl (C=O) groups excluding carboxylic acids is 1. The molecular weight excluding hydrogens is 524 g/mol. The Bertz CT molecular complexity index is 1390. The lowest BCUT2D eigenvalue weighted by Gasteiger charge is -2.30. The summed E-state index contributed by atoms with van der Waals surface area (Å²) in [6.07, 6.45) is 9.40. The van der Waals surface area contributed by atoms with Gasteiger partial charge in [0.15, 0.2) is 0 Å². The number of hydrogen-bond acceptors (Lipinski definition) is 5. The van der Waals surface area contributed by atoms with Crippen LogP contribution >= 0.6 is 0 Å². The Kier molecular flexibility index (Phi) is 9.24. The lowest BCUT2D eigenvalue weighted by atomic mass is 9.86. The molecule has 0 spiro atoms. The average molecular weight is 569 g/mol. The van der Waals surface area contributed by atoms with E-state index in [1.165, 1.54) is 33.6 Å². The van der Waals surface area contributed by atoms with Crippen LogP contribution in [-0.4, -0.2) is 51.5 Å². The van der Waals surface area contributed by atoms with Gasteiger partial charge in [0.05, 0.1) is 11.3 Å². The van der Waals surface area contributed by atoms with E-state index in [4.69, 9.17) is 4.98 Å². The van der Waals surface area contributed by atoms with Gasteiger partial charge in [0, 0.05) is 25.8 Å². The second-order valence-corrected chi connectivity index (χ2v) is 13.0. The molecule has 1 aromatic heterocycles. The van der Waals surface area contributed by atoms with Crippen LogP contribution in [0, 0.1) is 5.92 Å². The molecule has 1 saturated carbocycles. The van der Waals surface area contributed by atoms with Crippen LogP contribution in [0.4, 0.5) is 5.95 Å². The van der Waals surface area contributed by atoms with Crippen molar-refractivity contribution in [1.82, 2.24) is 14.9 Å². The van der Waals surface area contributed by atoms with E-state index in [9.17, 15) is 14.7 Å². The Morgan fingerprint density at radius 2 is 1.69 bits per heavy atom. The molecule has 2 aliphatic rings. The van der Waals surface area contributed by atoms with Crippen molar-refractivity contribution in [3.63, 3.8) is 0 Å². The zero-order valence-corrected chi connectivity index (χ0v) is 25.3. The van der Waals surface area contributed by atoms with Crippen LogP contribution in [0.3, 0.4) is 0 Å². The highest BCUT2D eigenvalue weighted by atomic mass is 16.4. The molecule has 1 amide bonds. The smallest absolute Gasteiger partial charge is 0.323 e. The lowest BCUT2D eigenvalue weighted by molar-refractivity contribution is -0.137. The lowest BCUT2D eigenvalue weighted by Crippen LogP contribution is -2.40. The van der Waals surface area contributed by atoms with Gasteiger partial charge in [-0.1, -0.05) is 88.6 Å². The number of carboxylic acids is 1. The van der Waals surface area contributed by atoms with E-state index < -0.39 is 5.97 Å². The van der Waals surface area contributed by atoms with Crippen molar-refractivity contribution in [1.29, 1.82) is 0 Å². The Morgan fingerprint density at radius 1 is 0.976 bits per heavy atom. The third-order valence-corrected chi connectivity index (χ3v) is 8.79. The summed E-state index contributed by atoms with van der Waals surface area (Å²) in [6, 6.07) is 17.1. The quantitative estimate of drug-likeness (QED) is 0.329. The number of aromatic nitrogens is 2. The van der Waals surface area contributed by atoms with Gasteiger partial charge in [-0.05, 0) is 65.7 Å². The number of amides is 1. The van der Waals surface area contributed by atoms with Crippen LogP contribution in [0.25, 0.3) is 0 Å². The molecule has 0 radical (unpaired) electrons. The van der Waals surface area contributed by atoms with Gasteiger partial charge < -0.3 is 14.9 Å². The number of fused-ring (bicyclic) bond motifs is 1. The summed E-state index contributed by atoms with van der Waals surface area (Å²) in [5.41, 5.74) is 6.27. The SMILES string of the molecule is CC(C)(C)c1ccc(CCc2nc(N3CCc4ccccc4C3)ncc2C(=O)N(CC(=O)O)CC2CCCCC2)cc1. The van der Waals surface area contributed by atoms with Crippen molar-refractivity contribution in [2.45, 2.75) is 84.1 Å². The third-order valence-electron chi connectivity index (χ3n) is 8.79. The number of carbonyl (C=O) groups is 2. The van der Waals surface area contributed by atoms with Crippen molar-refractivity contribution in [3.8, 4) is 0 Å². The van der Waals surface area contributed by atoms with Gasteiger partial charge in [-0.15, -0.1) is 0 Å². The molecule has 2 heterocycles. The van der Waals surface area contributed by atoms with Crippen LogP contribution in [0.5, 0.6) is 0 Å². The molecule has 2 aromatic carbocycles. The van der Waals surface area contributed by atoms with Gasteiger partial charge in [0.25, 0.3) is 5.91 Å². The van der Waals surface area contributed by atoms with Crippen LogP contribution < -0.4 is 4.90 Å². The number of nitrogens with zero attached hydrogens (tertiary/aromatic N) is 4. The number of benzene rings is 2. The number of carboxylic acid groups (broad SMARTS) is 1. The van der Waals surface area contributed by atoms with E-state index in [-0.39, 0.29) is 17.9 Å². The number of anilines is 1. The maximum atomic E-state index is 14.0. The van der Waals surface area contributed by atoms with Gasteiger partial charge in [-0.2, -0.15) is 0 Å². The van der Waals surface area contributed by atoms with E-state index in [0.717, 1.165) is 51.6 Å². The fourth-order valence-corrected chi connectivity index (χ4v) is 6.26. The predicted molar refractivity (Wildman–Crippen MR) is 166 cm³/mol. The highest BCUT2D eigenvalue weighted by Crippen LogP contribution is 2.27. The number of aryl methyl sites for hydroxylation is 2. The first-order chi connectivity index (χ1) is 20.2. The largest absolute Gasteiger partial charge is 0.480 e. The number of rotatable bonds is 9. The van der Waals surface area contributed by atoms with Crippen LogP contribution in [-0.2, 0) is 36.0 Å². The van der Waals surface area contributed by atoms with Gasteiger partial charge in [-0.25, -0.2) is 9.97 Å². The predicted octanol–water partition coefficient (Wildman–Crippen LogP) is 6.23. The minimum absolute atomic E-state index is 0.0820. The molecule has 0 unspecified atom stereocenters. The van der Waals surface area contributed by atoms with E-state index in [1.54, 1.807) is 6.20 Å². The zero-order valence-electron chi connectivity index (χ0n) is 25.3. The first kappa shape index (κ1) is 29.7. The normalized spacial score (nSPS) is 15.7. The second-order valence-electron chi connectivity index (χ2n) is 13.0. The Hall–Kier alpha value is -3.74. The first-order valence-electron chi connectivity index (χ1n) is 15.5. The highest BCUT2D eigenvalue weighted by Gasteiger charge is 2.27. The molecule has 1 fully saturated rings. The first-order valence-corrected chi connectivity index (χ1v) is 15.5. The van der Waals surface area contributed by atoms with Crippen LogP contribution in [0.2, 0.25) is 0 Å². The maximum Gasteiger partial charge on any atom is 0.323 e. The minimum Gasteiger partial charge on any atom is -0.480 e. The molecule has 0 bridgehead atoms. The van der Waals surface area contributed by atoms with Crippen LogP contribution in [0.1, 0.15) is 91.2 Å². The highest BCUT2D eigenvalue weighted by molar-refractivity contribution is 5.96.